The summed E-state index contributed by atoms with van der Waals surface area (Å²) in [6, 6.07) is 4.50. The quantitative estimate of drug-likeness (QED) is 0.804. The third-order valence-corrected chi connectivity index (χ3v) is 3.87. The highest BCUT2D eigenvalue weighted by Gasteiger charge is 2.16. The number of nitrogens with zero attached hydrogens (tertiary/aromatic N) is 3. The minimum Gasteiger partial charge on any atom is -0.354 e. The van der Waals surface area contributed by atoms with E-state index in [9.17, 15) is 0 Å². The number of pyridine rings is 1. The zero-order valence-electron chi connectivity index (χ0n) is 13.2. The van der Waals surface area contributed by atoms with Crippen molar-refractivity contribution in [3.05, 3.63) is 23.4 Å². The molecule has 1 N–H and O–H groups in total. The van der Waals surface area contributed by atoms with Gasteiger partial charge in [-0.15, -0.1) is 0 Å². The maximum atomic E-state index is 4.81. The van der Waals surface area contributed by atoms with Crippen molar-refractivity contribution in [2.24, 2.45) is 0 Å². The van der Waals surface area contributed by atoms with Crippen LogP contribution in [-0.4, -0.2) is 49.7 Å². The maximum absolute atomic E-state index is 4.81. The summed E-state index contributed by atoms with van der Waals surface area (Å²) in [6.45, 7) is 10.8. The molecule has 1 aromatic rings. The monoisotopic (exact) mass is 276 g/mol. The van der Waals surface area contributed by atoms with Gasteiger partial charge in [0.15, 0.2) is 0 Å². The van der Waals surface area contributed by atoms with Crippen LogP contribution in [0.2, 0.25) is 0 Å². The number of hydrogen-bond donors (Lipinski definition) is 1. The molecular formula is C16H28N4. The lowest BCUT2D eigenvalue weighted by Gasteiger charge is -2.33. The SMILES string of the molecule is CCCNCc1cc(CC)nc(N2CCN(C)CC2)c1. The van der Waals surface area contributed by atoms with Crippen LogP contribution in [0.3, 0.4) is 0 Å². The molecule has 112 valence electrons. The first-order chi connectivity index (χ1) is 9.72. The van der Waals surface area contributed by atoms with E-state index < -0.39 is 0 Å². The van der Waals surface area contributed by atoms with Crippen molar-refractivity contribution in [2.75, 3.05) is 44.7 Å². The topological polar surface area (TPSA) is 31.4 Å². The molecule has 1 aliphatic rings. The first kappa shape index (κ1) is 15.3. The largest absolute Gasteiger partial charge is 0.354 e. The van der Waals surface area contributed by atoms with Crippen LogP contribution >= 0.6 is 0 Å². The minimum atomic E-state index is 0.949. The molecule has 0 atom stereocenters. The molecule has 0 aromatic carbocycles. The number of piperazine rings is 1. The molecule has 4 nitrogen and oxygen atoms in total. The molecule has 2 rings (SSSR count). The van der Waals surface area contributed by atoms with Crippen molar-refractivity contribution in [3.63, 3.8) is 0 Å². The number of nitrogens with one attached hydrogen (secondary N) is 1. The summed E-state index contributed by atoms with van der Waals surface area (Å²) in [4.78, 5) is 9.61. The Hall–Kier alpha value is -1.13. The molecule has 0 saturated carbocycles. The second-order valence-corrected chi connectivity index (χ2v) is 5.65. The van der Waals surface area contributed by atoms with Crippen LogP contribution in [0.1, 0.15) is 31.5 Å². The van der Waals surface area contributed by atoms with Crippen molar-refractivity contribution < 1.29 is 0 Å². The Morgan fingerprint density at radius 2 is 1.90 bits per heavy atom. The summed E-state index contributed by atoms with van der Waals surface area (Å²) in [5, 5.41) is 3.49. The van der Waals surface area contributed by atoms with Gasteiger partial charge in [-0.2, -0.15) is 0 Å². The molecule has 0 radical (unpaired) electrons. The average Bonchev–Trinajstić information content (AvgIpc) is 2.48. The molecule has 1 aliphatic heterocycles. The number of likely N-dealkylation sites (N-methyl/N-ethyl adjacent to an activating group) is 1. The molecule has 2 heterocycles. The maximum Gasteiger partial charge on any atom is 0.129 e. The Morgan fingerprint density at radius 1 is 1.15 bits per heavy atom. The van der Waals surface area contributed by atoms with Gasteiger partial charge in [-0.3, -0.25) is 0 Å². The second-order valence-electron chi connectivity index (χ2n) is 5.65. The first-order valence-electron chi connectivity index (χ1n) is 7.87. The van der Waals surface area contributed by atoms with Gasteiger partial charge in [0.2, 0.25) is 0 Å². The van der Waals surface area contributed by atoms with Gasteiger partial charge >= 0.3 is 0 Å². The zero-order chi connectivity index (χ0) is 14.4. The lowest BCUT2D eigenvalue weighted by Crippen LogP contribution is -2.44. The van der Waals surface area contributed by atoms with E-state index in [1.54, 1.807) is 0 Å². The van der Waals surface area contributed by atoms with Crippen LogP contribution < -0.4 is 10.2 Å². The molecule has 0 unspecified atom stereocenters. The molecular weight excluding hydrogens is 248 g/mol. The number of anilines is 1. The molecule has 1 fully saturated rings. The zero-order valence-corrected chi connectivity index (χ0v) is 13.2. The lowest BCUT2D eigenvalue weighted by atomic mass is 10.1. The van der Waals surface area contributed by atoms with Gasteiger partial charge in [0.05, 0.1) is 0 Å². The number of aromatic nitrogens is 1. The van der Waals surface area contributed by atoms with Crippen molar-refractivity contribution in [2.45, 2.75) is 33.2 Å². The molecule has 20 heavy (non-hydrogen) atoms. The van der Waals surface area contributed by atoms with E-state index >= 15 is 0 Å². The molecule has 0 spiro atoms. The summed E-state index contributed by atoms with van der Waals surface area (Å²) >= 11 is 0. The third kappa shape index (κ3) is 4.18. The molecule has 0 aliphatic carbocycles. The molecule has 4 heteroatoms. The van der Waals surface area contributed by atoms with Crippen LogP contribution in [0.25, 0.3) is 0 Å². The van der Waals surface area contributed by atoms with Crippen molar-refractivity contribution in [1.82, 2.24) is 15.2 Å². The molecule has 1 saturated heterocycles. The van der Waals surface area contributed by atoms with Gasteiger partial charge in [0, 0.05) is 38.4 Å². The number of hydrogen-bond acceptors (Lipinski definition) is 4. The van der Waals surface area contributed by atoms with Gasteiger partial charge in [0.25, 0.3) is 0 Å². The Kier molecular flexibility index (Phi) is 5.80. The van der Waals surface area contributed by atoms with Gasteiger partial charge in [-0.25, -0.2) is 4.98 Å². The fraction of sp³-hybridized carbons (Fsp3) is 0.688. The van der Waals surface area contributed by atoms with E-state index in [1.807, 2.05) is 0 Å². The van der Waals surface area contributed by atoms with E-state index in [0.29, 0.717) is 0 Å². The highest BCUT2D eigenvalue weighted by Crippen LogP contribution is 2.17. The highest BCUT2D eigenvalue weighted by molar-refractivity contribution is 5.43. The first-order valence-corrected chi connectivity index (χ1v) is 7.87. The Bertz CT molecular complexity index is 411. The lowest BCUT2D eigenvalue weighted by molar-refractivity contribution is 0.312. The Labute approximate surface area is 123 Å². The number of aryl methyl sites for hydroxylation is 1. The third-order valence-electron chi connectivity index (χ3n) is 3.87. The van der Waals surface area contributed by atoms with Gasteiger partial charge in [0.1, 0.15) is 5.82 Å². The summed E-state index contributed by atoms with van der Waals surface area (Å²) in [7, 11) is 2.19. The van der Waals surface area contributed by atoms with Crippen LogP contribution in [-0.2, 0) is 13.0 Å². The van der Waals surface area contributed by atoms with E-state index in [0.717, 1.165) is 51.5 Å². The van der Waals surface area contributed by atoms with Crippen LogP contribution in [0, 0.1) is 0 Å². The minimum absolute atomic E-state index is 0.949. The molecule has 1 aromatic heterocycles. The summed E-state index contributed by atoms with van der Waals surface area (Å²) in [5.41, 5.74) is 2.56. The summed E-state index contributed by atoms with van der Waals surface area (Å²) in [6.07, 6.45) is 2.18. The van der Waals surface area contributed by atoms with Crippen molar-refractivity contribution >= 4 is 5.82 Å². The molecule has 0 amide bonds. The van der Waals surface area contributed by atoms with E-state index in [-0.39, 0.29) is 0 Å². The summed E-state index contributed by atoms with van der Waals surface area (Å²) < 4.78 is 0. The van der Waals surface area contributed by atoms with Gasteiger partial charge in [-0.1, -0.05) is 13.8 Å². The van der Waals surface area contributed by atoms with Crippen molar-refractivity contribution in [1.29, 1.82) is 0 Å². The summed E-state index contributed by atoms with van der Waals surface area (Å²) in [5.74, 6) is 1.16. The van der Waals surface area contributed by atoms with Crippen LogP contribution in [0.5, 0.6) is 0 Å². The van der Waals surface area contributed by atoms with Crippen LogP contribution in [0.4, 0.5) is 5.82 Å². The fourth-order valence-electron chi connectivity index (χ4n) is 2.52. The fourth-order valence-corrected chi connectivity index (χ4v) is 2.52. The second kappa shape index (κ2) is 7.60. The molecule has 0 bridgehead atoms. The van der Waals surface area contributed by atoms with Crippen LogP contribution in [0.15, 0.2) is 12.1 Å². The average molecular weight is 276 g/mol. The normalized spacial score (nSPS) is 16.6. The predicted molar refractivity (Wildman–Crippen MR) is 85.3 cm³/mol. The smallest absolute Gasteiger partial charge is 0.129 e. The van der Waals surface area contributed by atoms with E-state index in [1.165, 1.54) is 17.7 Å². The predicted octanol–water partition coefficient (Wildman–Crippen LogP) is 1.90. The standard InChI is InChI=1S/C16H28N4/c1-4-6-17-13-14-11-15(5-2)18-16(12-14)20-9-7-19(3)8-10-20/h11-12,17H,4-10,13H2,1-3H3. The Morgan fingerprint density at radius 3 is 2.55 bits per heavy atom. The number of rotatable bonds is 6. The van der Waals surface area contributed by atoms with Gasteiger partial charge < -0.3 is 15.1 Å². The van der Waals surface area contributed by atoms with E-state index in [2.05, 4.69) is 48.1 Å². The van der Waals surface area contributed by atoms with Crippen molar-refractivity contribution in [3.8, 4) is 0 Å². The van der Waals surface area contributed by atoms with Gasteiger partial charge in [-0.05, 0) is 44.1 Å². The highest BCUT2D eigenvalue weighted by atomic mass is 15.3. The van der Waals surface area contributed by atoms with E-state index in [4.69, 9.17) is 4.98 Å². The Balaban J connectivity index is 2.08.